The first kappa shape index (κ1) is 21.6. The van der Waals surface area contributed by atoms with Crippen LogP contribution in [0.4, 0.5) is 0 Å². The first-order valence-electron chi connectivity index (χ1n) is 8.83. The zero-order valence-corrected chi connectivity index (χ0v) is 17.2. The van der Waals surface area contributed by atoms with Crippen molar-refractivity contribution in [3.05, 3.63) is 58.1 Å². The van der Waals surface area contributed by atoms with Crippen LogP contribution in [0.25, 0.3) is 0 Å². The molecule has 7 heteroatoms. The lowest BCUT2D eigenvalue weighted by molar-refractivity contribution is -0.133. The minimum absolute atomic E-state index is 0.180. The van der Waals surface area contributed by atoms with Gasteiger partial charge in [-0.1, -0.05) is 35.9 Å². The number of ether oxygens (including phenoxy) is 3. The maximum Gasteiger partial charge on any atom is 0.338 e. The predicted octanol–water partition coefficient (Wildman–Crippen LogP) is 3.87. The van der Waals surface area contributed by atoms with E-state index in [4.69, 9.17) is 25.8 Å². The first-order chi connectivity index (χ1) is 13.4. The van der Waals surface area contributed by atoms with E-state index in [0.717, 1.165) is 11.1 Å². The van der Waals surface area contributed by atoms with E-state index in [9.17, 15) is 9.59 Å². The molecule has 2 aromatic carbocycles. The molecule has 0 heterocycles. The summed E-state index contributed by atoms with van der Waals surface area (Å²) < 4.78 is 15.8. The van der Waals surface area contributed by atoms with Crippen LogP contribution >= 0.6 is 11.6 Å². The molecule has 2 rings (SSSR count). The molecule has 0 atom stereocenters. The molecule has 0 aliphatic rings. The number of rotatable bonds is 8. The van der Waals surface area contributed by atoms with Crippen LogP contribution in [-0.2, 0) is 16.1 Å². The minimum Gasteiger partial charge on any atom is -0.493 e. The second-order valence-corrected chi connectivity index (χ2v) is 6.58. The van der Waals surface area contributed by atoms with Crippen molar-refractivity contribution in [2.75, 3.05) is 27.4 Å². The van der Waals surface area contributed by atoms with E-state index in [0.29, 0.717) is 24.7 Å². The summed E-state index contributed by atoms with van der Waals surface area (Å²) >= 11 is 6.17. The van der Waals surface area contributed by atoms with E-state index in [1.165, 1.54) is 24.1 Å². The smallest absolute Gasteiger partial charge is 0.338 e. The van der Waals surface area contributed by atoms with E-state index in [2.05, 4.69) is 0 Å². The van der Waals surface area contributed by atoms with Gasteiger partial charge in [0.2, 0.25) is 0 Å². The SMILES string of the molecule is CCOc1c(Cl)cc(C(=O)OCC(=O)N(C)Cc2ccccc2C)cc1OC. The van der Waals surface area contributed by atoms with E-state index >= 15 is 0 Å². The van der Waals surface area contributed by atoms with Gasteiger partial charge in [-0.3, -0.25) is 4.79 Å². The number of carbonyl (C=O) groups excluding carboxylic acids is 2. The fourth-order valence-corrected chi connectivity index (χ4v) is 2.84. The summed E-state index contributed by atoms with van der Waals surface area (Å²) in [6.07, 6.45) is 0. The molecule has 0 unspecified atom stereocenters. The standard InChI is InChI=1S/C21H24ClNO5/c1-5-27-20-17(22)10-16(11-18(20)26-4)21(25)28-13-19(24)23(3)12-15-9-7-6-8-14(15)2/h6-11H,5,12-13H2,1-4H3. The fourth-order valence-electron chi connectivity index (χ4n) is 2.57. The van der Waals surface area contributed by atoms with Crippen molar-refractivity contribution in [2.24, 2.45) is 0 Å². The quantitative estimate of drug-likeness (QED) is 0.624. The summed E-state index contributed by atoms with van der Waals surface area (Å²) in [7, 11) is 3.12. The van der Waals surface area contributed by atoms with Crippen molar-refractivity contribution in [2.45, 2.75) is 20.4 Å². The number of esters is 1. The van der Waals surface area contributed by atoms with Gasteiger partial charge in [-0.05, 0) is 37.1 Å². The number of likely N-dealkylation sites (N-methyl/N-ethyl adjacent to an activating group) is 1. The van der Waals surface area contributed by atoms with Crippen LogP contribution in [0.2, 0.25) is 5.02 Å². The first-order valence-corrected chi connectivity index (χ1v) is 9.21. The van der Waals surface area contributed by atoms with Gasteiger partial charge >= 0.3 is 5.97 Å². The molecule has 2 aromatic rings. The van der Waals surface area contributed by atoms with Crippen LogP contribution < -0.4 is 9.47 Å². The topological polar surface area (TPSA) is 65.1 Å². The van der Waals surface area contributed by atoms with Crippen LogP contribution in [0.5, 0.6) is 11.5 Å². The Kier molecular flexibility index (Phi) is 7.70. The van der Waals surface area contributed by atoms with Crippen LogP contribution in [0, 0.1) is 6.92 Å². The van der Waals surface area contributed by atoms with Gasteiger partial charge < -0.3 is 19.1 Å². The number of carbonyl (C=O) groups is 2. The zero-order valence-electron chi connectivity index (χ0n) is 16.5. The Morgan fingerprint density at radius 2 is 1.89 bits per heavy atom. The highest BCUT2D eigenvalue weighted by molar-refractivity contribution is 6.32. The minimum atomic E-state index is -0.666. The fraction of sp³-hybridized carbons (Fsp3) is 0.333. The lowest BCUT2D eigenvalue weighted by atomic mass is 10.1. The molecule has 0 aliphatic heterocycles. The third-order valence-electron chi connectivity index (χ3n) is 4.18. The molecule has 0 saturated carbocycles. The largest absolute Gasteiger partial charge is 0.493 e. The van der Waals surface area contributed by atoms with Crippen molar-refractivity contribution >= 4 is 23.5 Å². The monoisotopic (exact) mass is 405 g/mol. The predicted molar refractivity (Wildman–Crippen MR) is 107 cm³/mol. The molecule has 0 spiro atoms. The lowest BCUT2D eigenvalue weighted by Crippen LogP contribution is -2.31. The average Bonchev–Trinajstić information content (AvgIpc) is 2.68. The molecule has 150 valence electrons. The summed E-state index contributed by atoms with van der Waals surface area (Å²) in [5.74, 6) is -0.289. The van der Waals surface area contributed by atoms with Crippen molar-refractivity contribution in [1.29, 1.82) is 0 Å². The van der Waals surface area contributed by atoms with E-state index in [1.54, 1.807) is 7.05 Å². The molecule has 0 fully saturated rings. The number of methoxy groups -OCH3 is 1. The Hall–Kier alpha value is -2.73. The highest BCUT2D eigenvalue weighted by Gasteiger charge is 2.18. The van der Waals surface area contributed by atoms with Crippen LogP contribution in [0.3, 0.4) is 0 Å². The maximum absolute atomic E-state index is 12.3. The molecule has 0 bridgehead atoms. The van der Waals surface area contributed by atoms with E-state index in [-0.39, 0.29) is 23.1 Å². The Labute approximate surface area is 169 Å². The van der Waals surface area contributed by atoms with Gasteiger partial charge in [0.15, 0.2) is 18.1 Å². The summed E-state index contributed by atoms with van der Waals surface area (Å²) in [5, 5.41) is 0.233. The van der Waals surface area contributed by atoms with Crippen molar-refractivity contribution in [3.8, 4) is 11.5 Å². The van der Waals surface area contributed by atoms with Crippen LogP contribution in [-0.4, -0.2) is 44.1 Å². The highest BCUT2D eigenvalue weighted by atomic mass is 35.5. The van der Waals surface area contributed by atoms with Gasteiger partial charge in [-0.2, -0.15) is 0 Å². The summed E-state index contributed by atoms with van der Waals surface area (Å²) in [4.78, 5) is 26.1. The normalized spacial score (nSPS) is 10.3. The lowest BCUT2D eigenvalue weighted by Gasteiger charge is -2.18. The molecule has 0 N–H and O–H groups in total. The molecule has 0 saturated heterocycles. The molecule has 0 radical (unpaired) electrons. The van der Waals surface area contributed by atoms with Gasteiger partial charge in [-0.15, -0.1) is 0 Å². The maximum atomic E-state index is 12.3. The Morgan fingerprint density at radius 1 is 1.18 bits per heavy atom. The van der Waals surface area contributed by atoms with Gasteiger partial charge in [0.25, 0.3) is 5.91 Å². The number of hydrogen-bond donors (Lipinski definition) is 0. The molecule has 0 aromatic heterocycles. The van der Waals surface area contributed by atoms with Gasteiger partial charge in [0, 0.05) is 13.6 Å². The third kappa shape index (κ3) is 5.39. The Balaban J connectivity index is 2.00. The van der Waals surface area contributed by atoms with E-state index in [1.807, 2.05) is 38.1 Å². The van der Waals surface area contributed by atoms with Gasteiger partial charge in [0.05, 0.1) is 24.3 Å². The number of benzene rings is 2. The number of hydrogen-bond acceptors (Lipinski definition) is 5. The number of nitrogens with zero attached hydrogens (tertiary/aromatic N) is 1. The molecule has 28 heavy (non-hydrogen) atoms. The molecule has 6 nitrogen and oxygen atoms in total. The van der Waals surface area contributed by atoms with Crippen molar-refractivity contribution < 1.29 is 23.8 Å². The molecule has 0 aliphatic carbocycles. The Bertz CT molecular complexity index is 853. The Morgan fingerprint density at radius 3 is 2.54 bits per heavy atom. The van der Waals surface area contributed by atoms with Crippen LogP contribution in [0.1, 0.15) is 28.4 Å². The number of amides is 1. The van der Waals surface area contributed by atoms with Gasteiger partial charge in [0.1, 0.15) is 0 Å². The molecular weight excluding hydrogens is 382 g/mol. The summed E-state index contributed by atoms with van der Waals surface area (Å²) in [6.45, 7) is 4.27. The second-order valence-electron chi connectivity index (χ2n) is 6.17. The van der Waals surface area contributed by atoms with Gasteiger partial charge in [-0.25, -0.2) is 4.79 Å². The van der Waals surface area contributed by atoms with Crippen molar-refractivity contribution in [3.63, 3.8) is 0 Å². The zero-order chi connectivity index (χ0) is 20.7. The molecular formula is C21H24ClNO5. The third-order valence-corrected chi connectivity index (χ3v) is 4.46. The number of aryl methyl sites for hydroxylation is 1. The number of halogens is 1. The van der Waals surface area contributed by atoms with E-state index < -0.39 is 5.97 Å². The average molecular weight is 406 g/mol. The summed E-state index contributed by atoms with van der Waals surface area (Å²) in [5.41, 5.74) is 2.31. The summed E-state index contributed by atoms with van der Waals surface area (Å²) in [6, 6.07) is 10.7. The second kappa shape index (κ2) is 9.99. The van der Waals surface area contributed by atoms with Crippen molar-refractivity contribution in [1.82, 2.24) is 4.90 Å². The molecule has 1 amide bonds. The highest BCUT2D eigenvalue weighted by Crippen LogP contribution is 2.36. The van der Waals surface area contributed by atoms with Crippen LogP contribution in [0.15, 0.2) is 36.4 Å².